The second-order valence-corrected chi connectivity index (χ2v) is 8.08. The van der Waals surface area contributed by atoms with Crippen molar-refractivity contribution in [2.45, 2.75) is 37.1 Å². The molecule has 30 heavy (non-hydrogen) atoms. The first-order chi connectivity index (χ1) is 14.3. The quantitative estimate of drug-likeness (QED) is 0.202. The molecular weight excluding hydrogens is 439 g/mol. The van der Waals surface area contributed by atoms with Crippen molar-refractivity contribution in [2.24, 2.45) is 0 Å². The Morgan fingerprint density at radius 3 is 2.67 bits per heavy atom. The minimum absolute atomic E-state index is 0.196. The highest BCUT2D eigenvalue weighted by molar-refractivity contribution is 7.99. The van der Waals surface area contributed by atoms with E-state index in [9.17, 15) is 18.0 Å². The maximum absolute atomic E-state index is 13.1. The molecule has 1 aromatic heterocycles. The predicted octanol–water partition coefficient (Wildman–Crippen LogP) is 5.52. The van der Waals surface area contributed by atoms with Gasteiger partial charge in [-0.05, 0) is 42.7 Å². The molecule has 0 radical (unpaired) electrons. The van der Waals surface area contributed by atoms with Crippen LogP contribution in [0.4, 0.5) is 13.2 Å². The second-order valence-electron chi connectivity index (χ2n) is 6.61. The van der Waals surface area contributed by atoms with Crippen molar-refractivity contribution in [3.05, 3.63) is 58.6 Å². The van der Waals surface area contributed by atoms with E-state index in [0.717, 1.165) is 17.7 Å². The number of fused-ring (bicyclic) bond motifs is 1. The van der Waals surface area contributed by atoms with Gasteiger partial charge in [0.2, 0.25) is 5.91 Å². The van der Waals surface area contributed by atoms with Crippen LogP contribution in [0.1, 0.15) is 30.4 Å². The number of hydroxylamine groups is 1. The molecule has 5 nitrogen and oxygen atoms in total. The molecule has 0 saturated carbocycles. The van der Waals surface area contributed by atoms with Gasteiger partial charge in [0.15, 0.2) is 5.16 Å². The number of carbonyl (C=O) groups excluding carboxylic acids is 1. The zero-order chi connectivity index (χ0) is 21.7. The molecule has 0 aliphatic heterocycles. The van der Waals surface area contributed by atoms with Gasteiger partial charge in [-0.15, -0.1) is 0 Å². The summed E-state index contributed by atoms with van der Waals surface area (Å²) in [6.07, 6.45) is -2.99. The molecule has 1 heterocycles. The Kier molecular flexibility index (Phi) is 7.27. The van der Waals surface area contributed by atoms with E-state index in [1.807, 2.05) is 22.8 Å². The van der Waals surface area contributed by atoms with E-state index in [2.05, 4.69) is 4.98 Å². The van der Waals surface area contributed by atoms with Gasteiger partial charge in [0.05, 0.1) is 23.1 Å². The van der Waals surface area contributed by atoms with Crippen molar-refractivity contribution >= 4 is 40.3 Å². The normalized spacial score (nSPS) is 11.8. The fourth-order valence-corrected chi connectivity index (χ4v) is 4.16. The maximum atomic E-state index is 13.1. The van der Waals surface area contributed by atoms with Gasteiger partial charge in [0.25, 0.3) is 0 Å². The van der Waals surface area contributed by atoms with E-state index < -0.39 is 17.6 Å². The number of amides is 1. The van der Waals surface area contributed by atoms with Gasteiger partial charge in [-0.1, -0.05) is 41.6 Å². The number of hydrogen-bond donors (Lipinski definition) is 2. The largest absolute Gasteiger partial charge is 0.416 e. The summed E-state index contributed by atoms with van der Waals surface area (Å²) in [5, 5.41) is 9.67. The first-order valence-corrected chi connectivity index (χ1v) is 10.5. The van der Waals surface area contributed by atoms with Crippen molar-refractivity contribution in [1.82, 2.24) is 15.0 Å². The third-order valence-electron chi connectivity index (χ3n) is 4.48. The van der Waals surface area contributed by atoms with Crippen LogP contribution in [0, 0.1) is 0 Å². The van der Waals surface area contributed by atoms with E-state index in [-0.39, 0.29) is 11.9 Å². The average Bonchev–Trinajstić information content (AvgIpc) is 3.05. The van der Waals surface area contributed by atoms with Gasteiger partial charge in [0, 0.05) is 17.2 Å². The van der Waals surface area contributed by atoms with Gasteiger partial charge in [0.1, 0.15) is 0 Å². The van der Waals surface area contributed by atoms with Crippen molar-refractivity contribution in [3.8, 4) is 0 Å². The fourth-order valence-electron chi connectivity index (χ4n) is 2.95. The monoisotopic (exact) mass is 457 g/mol. The topological polar surface area (TPSA) is 67.2 Å². The number of benzene rings is 2. The van der Waals surface area contributed by atoms with Crippen LogP contribution in [-0.4, -0.2) is 26.4 Å². The van der Waals surface area contributed by atoms with Crippen LogP contribution in [0.2, 0.25) is 5.02 Å². The lowest BCUT2D eigenvalue weighted by atomic mass is 10.2. The standard InChI is InChI=1S/C20H19ClF3N3O2S/c21-15-6-2-1-5-13(15)12-27-17-9-8-14(20(22,23)24)11-16(17)25-19(27)30-10-4-3-7-18(28)26-29/h1-2,5-6,8-9,11,29H,3-4,7,10,12H2,(H,26,28). The van der Waals surface area contributed by atoms with Gasteiger partial charge < -0.3 is 4.57 Å². The van der Waals surface area contributed by atoms with E-state index >= 15 is 0 Å². The summed E-state index contributed by atoms with van der Waals surface area (Å²) in [6, 6.07) is 10.8. The van der Waals surface area contributed by atoms with Crippen LogP contribution < -0.4 is 5.48 Å². The highest BCUT2D eigenvalue weighted by atomic mass is 35.5. The minimum Gasteiger partial charge on any atom is -0.314 e. The molecule has 0 spiro atoms. The Balaban J connectivity index is 1.87. The van der Waals surface area contributed by atoms with Gasteiger partial charge in [-0.2, -0.15) is 13.2 Å². The second kappa shape index (κ2) is 9.72. The van der Waals surface area contributed by atoms with E-state index in [0.29, 0.717) is 40.8 Å². The van der Waals surface area contributed by atoms with E-state index in [1.54, 1.807) is 11.5 Å². The Labute approximate surface area is 180 Å². The SMILES string of the molecule is O=C(CCCCSc1nc2cc(C(F)(F)F)ccc2n1Cc1ccccc1Cl)NO. The Bertz CT molecular complexity index is 1040. The number of carbonyl (C=O) groups is 1. The third kappa shape index (κ3) is 5.47. The van der Waals surface area contributed by atoms with Crippen LogP contribution in [0.15, 0.2) is 47.6 Å². The van der Waals surface area contributed by atoms with Gasteiger partial charge in [-0.25, -0.2) is 10.5 Å². The van der Waals surface area contributed by atoms with Crippen LogP contribution in [0.25, 0.3) is 11.0 Å². The third-order valence-corrected chi connectivity index (χ3v) is 5.91. The van der Waals surface area contributed by atoms with Gasteiger partial charge >= 0.3 is 6.18 Å². The van der Waals surface area contributed by atoms with Crippen LogP contribution in [0.3, 0.4) is 0 Å². The average molecular weight is 458 g/mol. The zero-order valence-corrected chi connectivity index (χ0v) is 17.3. The number of alkyl halides is 3. The number of imidazole rings is 1. The van der Waals surface area contributed by atoms with Crippen molar-refractivity contribution in [1.29, 1.82) is 0 Å². The summed E-state index contributed by atoms with van der Waals surface area (Å²) in [5.74, 6) is 0.169. The number of nitrogens with one attached hydrogen (secondary N) is 1. The predicted molar refractivity (Wildman–Crippen MR) is 110 cm³/mol. The molecule has 0 bridgehead atoms. The number of halogens is 4. The number of nitrogens with zero attached hydrogens (tertiary/aromatic N) is 2. The summed E-state index contributed by atoms with van der Waals surface area (Å²) < 4.78 is 41.1. The van der Waals surface area contributed by atoms with E-state index in [4.69, 9.17) is 16.8 Å². The highest BCUT2D eigenvalue weighted by Gasteiger charge is 2.31. The van der Waals surface area contributed by atoms with Crippen molar-refractivity contribution in [3.63, 3.8) is 0 Å². The summed E-state index contributed by atoms with van der Waals surface area (Å²) in [6.45, 7) is 0.372. The van der Waals surface area contributed by atoms with Crippen molar-refractivity contribution < 1.29 is 23.2 Å². The lowest BCUT2D eigenvalue weighted by Crippen LogP contribution is -2.17. The molecule has 3 rings (SSSR count). The molecule has 160 valence electrons. The number of hydrogen-bond acceptors (Lipinski definition) is 4. The number of rotatable bonds is 8. The number of thioether (sulfide) groups is 1. The van der Waals surface area contributed by atoms with Crippen LogP contribution in [-0.2, 0) is 17.5 Å². The lowest BCUT2D eigenvalue weighted by Gasteiger charge is -2.11. The summed E-state index contributed by atoms with van der Waals surface area (Å²) in [5.41, 5.74) is 2.52. The van der Waals surface area contributed by atoms with Crippen LogP contribution >= 0.6 is 23.4 Å². The van der Waals surface area contributed by atoms with Crippen LogP contribution in [0.5, 0.6) is 0 Å². The highest BCUT2D eigenvalue weighted by Crippen LogP contribution is 2.33. The summed E-state index contributed by atoms with van der Waals surface area (Å²) >= 11 is 7.67. The minimum atomic E-state index is -4.44. The molecule has 2 aromatic carbocycles. The molecule has 3 aromatic rings. The molecule has 0 aliphatic carbocycles. The molecule has 10 heteroatoms. The first-order valence-electron chi connectivity index (χ1n) is 9.16. The first kappa shape index (κ1) is 22.5. The molecule has 0 atom stereocenters. The van der Waals surface area contributed by atoms with E-state index in [1.165, 1.54) is 17.8 Å². The molecule has 0 unspecified atom stereocenters. The number of aromatic nitrogens is 2. The smallest absolute Gasteiger partial charge is 0.314 e. The summed E-state index contributed by atoms with van der Waals surface area (Å²) in [7, 11) is 0. The van der Waals surface area contributed by atoms with Gasteiger partial charge in [-0.3, -0.25) is 10.0 Å². The maximum Gasteiger partial charge on any atom is 0.416 e. The molecular formula is C20H19ClF3N3O2S. The molecule has 1 amide bonds. The number of unbranched alkanes of at least 4 members (excludes halogenated alkanes) is 1. The Hall–Kier alpha value is -2.23. The molecule has 0 fully saturated rings. The Morgan fingerprint density at radius 2 is 1.97 bits per heavy atom. The Morgan fingerprint density at radius 1 is 1.20 bits per heavy atom. The molecule has 0 aliphatic rings. The summed E-state index contributed by atoms with van der Waals surface area (Å²) in [4.78, 5) is 15.5. The zero-order valence-electron chi connectivity index (χ0n) is 15.7. The van der Waals surface area contributed by atoms with Crippen molar-refractivity contribution in [2.75, 3.05) is 5.75 Å². The molecule has 2 N–H and O–H groups in total. The molecule has 0 saturated heterocycles. The lowest BCUT2D eigenvalue weighted by molar-refractivity contribution is -0.137. The fraction of sp³-hybridized carbons (Fsp3) is 0.300.